The van der Waals surface area contributed by atoms with E-state index in [1.54, 1.807) is 18.2 Å². The number of aromatic nitrogens is 2. The lowest BCUT2D eigenvalue weighted by atomic mass is 10.2. The van der Waals surface area contributed by atoms with E-state index in [9.17, 15) is 8.78 Å². The maximum absolute atomic E-state index is 14.0. The summed E-state index contributed by atoms with van der Waals surface area (Å²) in [5.41, 5.74) is 6.62. The number of imidazole rings is 1. The second-order valence-corrected chi connectivity index (χ2v) is 5.42. The number of anilines is 1. The number of hydrogen-bond donors (Lipinski definition) is 1. The average Bonchev–Trinajstić information content (AvgIpc) is 2.72. The van der Waals surface area contributed by atoms with Crippen LogP contribution in [0.25, 0.3) is 16.7 Å². The summed E-state index contributed by atoms with van der Waals surface area (Å²) in [6.45, 7) is 0. The molecule has 0 aliphatic heterocycles. The molecule has 0 aliphatic carbocycles. The lowest BCUT2D eigenvalue weighted by Crippen LogP contribution is -2.03. The number of rotatable bonds is 1. The molecule has 7 heteroatoms. The standard InChI is InChI=1S/C13H7BrClF2N3/c14-7-5-6(15)1-4-10(7)20-12-9(19-13(20)18)3-2-8(16)11(12)17/h1-5H,(H2,18,19). The lowest BCUT2D eigenvalue weighted by molar-refractivity contribution is 0.514. The zero-order valence-electron chi connectivity index (χ0n) is 9.87. The summed E-state index contributed by atoms with van der Waals surface area (Å²) in [6.07, 6.45) is 0. The molecule has 0 unspecified atom stereocenters. The van der Waals surface area contributed by atoms with Crippen molar-refractivity contribution in [3.05, 3.63) is 51.5 Å². The molecule has 3 nitrogen and oxygen atoms in total. The van der Waals surface area contributed by atoms with Crippen molar-refractivity contribution >= 4 is 44.5 Å². The van der Waals surface area contributed by atoms with Crippen LogP contribution in [-0.4, -0.2) is 9.55 Å². The van der Waals surface area contributed by atoms with Crippen LogP contribution in [0.4, 0.5) is 14.7 Å². The maximum Gasteiger partial charge on any atom is 0.206 e. The van der Waals surface area contributed by atoms with E-state index in [0.717, 1.165) is 6.07 Å². The molecular formula is C13H7BrClF2N3. The summed E-state index contributed by atoms with van der Waals surface area (Å²) >= 11 is 9.20. The summed E-state index contributed by atoms with van der Waals surface area (Å²) in [5, 5.41) is 0.510. The first-order chi connectivity index (χ1) is 9.49. The van der Waals surface area contributed by atoms with Crippen LogP contribution < -0.4 is 5.73 Å². The Morgan fingerprint density at radius 1 is 1.20 bits per heavy atom. The molecule has 20 heavy (non-hydrogen) atoms. The first kappa shape index (κ1) is 13.3. The lowest BCUT2D eigenvalue weighted by Gasteiger charge is -2.09. The molecule has 0 aliphatic rings. The van der Waals surface area contributed by atoms with E-state index in [-0.39, 0.29) is 17.0 Å². The zero-order valence-corrected chi connectivity index (χ0v) is 12.2. The second-order valence-electron chi connectivity index (χ2n) is 4.13. The average molecular weight is 359 g/mol. The molecule has 1 heterocycles. The van der Waals surface area contributed by atoms with Crippen molar-refractivity contribution in [1.82, 2.24) is 9.55 Å². The van der Waals surface area contributed by atoms with E-state index >= 15 is 0 Å². The van der Waals surface area contributed by atoms with Crippen molar-refractivity contribution in [1.29, 1.82) is 0 Å². The third-order valence-corrected chi connectivity index (χ3v) is 3.76. The molecule has 0 fully saturated rings. The maximum atomic E-state index is 14.0. The molecule has 0 atom stereocenters. The van der Waals surface area contributed by atoms with Gasteiger partial charge in [0.15, 0.2) is 11.6 Å². The Kier molecular flexibility index (Phi) is 3.14. The third kappa shape index (κ3) is 1.96. The zero-order chi connectivity index (χ0) is 14.4. The van der Waals surface area contributed by atoms with Crippen molar-refractivity contribution in [2.75, 3.05) is 5.73 Å². The SMILES string of the molecule is Nc1nc2ccc(F)c(F)c2n1-c1ccc(Cl)cc1Br. The minimum absolute atomic E-state index is 0.00878. The molecular weight excluding hydrogens is 352 g/mol. The Balaban J connectivity index is 2.41. The largest absolute Gasteiger partial charge is 0.369 e. The van der Waals surface area contributed by atoms with Crippen LogP contribution in [0.2, 0.25) is 5.02 Å². The number of nitrogens with two attached hydrogens (primary N) is 1. The Labute approximate surface area is 126 Å². The molecule has 0 radical (unpaired) electrons. The Morgan fingerprint density at radius 2 is 1.95 bits per heavy atom. The van der Waals surface area contributed by atoms with Gasteiger partial charge in [0.2, 0.25) is 5.95 Å². The molecule has 102 valence electrons. The number of nitrogen functional groups attached to an aromatic ring is 1. The fraction of sp³-hybridized carbons (Fsp3) is 0. The summed E-state index contributed by atoms with van der Waals surface area (Å²) in [5.74, 6) is -1.88. The highest BCUT2D eigenvalue weighted by atomic mass is 79.9. The number of halogens is 4. The smallest absolute Gasteiger partial charge is 0.206 e. The first-order valence-electron chi connectivity index (χ1n) is 5.56. The van der Waals surface area contributed by atoms with Gasteiger partial charge in [-0.1, -0.05) is 11.6 Å². The van der Waals surface area contributed by atoms with Crippen LogP contribution >= 0.6 is 27.5 Å². The van der Waals surface area contributed by atoms with Gasteiger partial charge in [0.25, 0.3) is 0 Å². The number of nitrogens with zero attached hydrogens (tertiary/aromatic N) is 2. The summed E-state index contributed by atoms with van der Waals surface area (Å²) in [4.78, 5) is 4.04. The number of hydrogen-bond acceptors (Lipinski definition) is 2. The molecule has 1 aromatic heterocycles. The Hall–Kier alpha value is -1.66. The number of fused-ring (bicyclic) bond motifs is 1. The summed E-state index contributed by atoms with van der Waals surface area (Å²) < 4.78 is 29.4. The molecule has 0 spiro atoms. The highest BCUT2D eigenvalue weighted by Crippen LogP contribution is 2.31. The van der Waals surface area contributed by atoms with Crippen molar-refractivity contribution in [2.45, 2.75) is 0 Å². The predicted molar refractivity (Wildman–Crippen MR) is 78.1 cm³/mol. The van der Waals surface area contributed by atoms with Crippen LogP contribution in [0.15, 0.2) is 34.8 Å². The Bertz CT molecular complexity index is 832. The van der Waals surface area contributed by atoms with Gasteiger partial charge in [0.05, 0.1) is 11.2 Å². The molecule has 2 aromatic carbocycles. The topological polar surface area (TPSA) is 43.8 Å². The van der Waals surface area contributed by atoms with E-state index < -0.39 is 11.6 Å². The van der Waals surface area contributed by atoms with Crippen LogP contribution in [0, 0.1) is 11.6 Å². The summed E-state index contributed by atoms with van der Waals surface area (Å²) in [7, 11) is 0. The van der Waals surface area contributed by atoms with E-state index in [0.29, 0.717) is 15.2 Å². The normalized spacial score (nSPS) is 11.2. The van der Waals surface area contributed by atoms with Gasteiger partial charge in [-0.15, -0.1) is 0 Å². The molecule has 3 aromatic rings. The van der Waals surface area contributed by atoms with Crippen molar-refractivity contribution in [3.63, 3.8) is 0 Å². The van der Waals surface area contributed by atoms with E-state index in [4.69, 9.17) is 17.3 Å². The number of benzene rings is 2. The van der Waals surface area contributed by atoms with Crippen LogP contribution in [-0.2, 0) is 0 Å². The van der Waals surface area contributed by atoms with Gasteiger partial charge in [0.1, 0.15) is 5.52 Å². The van der Waals surface area contributed by atoms with Gasteiger partial charge in [-0.2, -0.15) is 0 Å². The first-order valence-corrected chi connectivity index (χ1v) is 6.73. The van der Waals surface area contributed by atoms with Gasteiger partial charge < -0.3 is 5.73 Å². The molecule has 0 bridgehead atoms. The molecule has 2 N–H and O–H groups in total. The van der Waals surface area contributed by atoms with Gasteiger partial charge in [-0.3, -0.25) is 4.57 Å². The van der Waals surface area contributed by atoms with E-state index in [1.165, 1.54) is 10.6 Å². The van der Waals surface area contributed by atoms with E-state index in [2.05, 4.69) is 20.9 Å². The minimum Gasteiger partial charge on any atom is -0.369 e. The monoisotopic (exact) mass is 357 g/mol. The molecule has 0 amide bonds. The molecule has 0 saturated heterocycles. The fourth-order valence-electron chi connectivity index (χ4n) is 2.03. The van der Waals surface area contributed by atoms with Gasteiger partial charge in [-0.05, 0) is 46.3 Å². The van der Waals surface area contributed by atoms with Crippen LogP contribution in [0.3, 0.4) is 0 Å². The quantitative estimate of drug-likeness (QED) is 0.705. The van der Waals surface area contributed by atoms with Gasteiger partial charge >= 0.3 is 0 Å². The summed E-state index contributed by atoms with van der Waals surface area (Å²) in [6, 6.07) is 7.31. The molecule has 0 saturated carbocycles. The van der Waals surface area contributed by atoms with Gasteiger partial charge in [0, 0.05) is 9.50 Å². The highest BCUT2D eigenvalue weighted by molar-refractivity contribution is 9.10. The second kappa shape index (κ2) is 4.71. The molecule has 3 rings (SSSR count). The fourth-order valence-corrected chi connectivity index (χ4v) is 2.89. The van der Waals surface area contributed by atoms with Gasteiger partial charge in [-0.25, -0.2) is 13.8 Å². The van der Waals surface area contributed by atoms with Crippen LogP contribution in [0.1, 0.15) is 0 Å². The van der Waals surface area contributed by atoms with Crippen molar-refractivity contribution < 1.29 is 8.78 Å². The Morgan fingerprint density at radius 3 is 2.65 bits per heavy atom. The van der Waals surface area contributed by atoms with E-state index in [1.807, 2.05) is 0 Å². The van der Waals surface area contributed by atoms with Crippen LogP contribution in [0.5, 0.6) is 0 Å². The third-order valence-electron chi connectivity index (χ3n) is 2.89. The minimum atomic E-state index is -0.992. The highest BCUT2D eigenvalue weighted by Gasteiger charge is 2.18. The van der Waals surface area contributed by atoms with Crippen molar-refractivity contribution in [3.8, 4) is 5.69 Å². The van der Waals surface area contributed by atoms with Crippen molar-refractivity contribution in [2.24, 2.45) is 0 Å². The predicted octanol–water partition coefficient (Wildman–Crippen LogP) is 4.30.